The van der Waals surface area contributed by atoms with Gasteiger partial charge in [0.15, 0.2) is 0 Å². The summed E-state index contributed by atoms with van der Waals surface area (Å²) in [6.45, 7) is 5.47. The number of benzene rings is 2. The Balaban J connectivity index is 0.00000288. The van der Waals surface area contributed by atoms with Gasteiger partial charge in [-0.1, -0.05) is 42.8 Å². The Hall–Kier alpha value is -1.49. The molecule has 0 bridgehead atoms. The first-order valence-corrected chi connectivity index (χ1v) is 8.84. The fraction of sp³-hybridized carbons (Fsp3) is 0.316. The van der Waals surface area contributed by atoms with E-state index in [1.165, 1.54) is 10.5 Å². The van der Waals surface area contributed by atoms with E-state index >= 15 is 0 Å². The van der Waals surface area contributed by atoms with Gasteiger partial charge in [0.2, 0.25) is 5.91 Å². The van der Waals surface area contributed by atoms with E-state index in [1.54, 1.807) is 11.8 Å². The monoisotopic (exact) mass is 364 g/mol. The fourth-order valence-electron chi connectivity index (χ4n) is 2.06. The third-order valence-corrected chi connectivity index (χ3v) is 4.40. The smallest absolute Gasteiger partial charge is 0.238 e. The quantitative estimate of drug-likeness (QED) is 0.655. The van der Waals surface area contributed by atoms with Crippen LogP contribution in [0.5, 0.6) is 0 Å². The first kappa shape index (κ1) is 20.6. The van der Waals surface area contributed by atoms with Crippen molar-refractivity contribution in [2.24, 2.45) is 0 Å². The summed E-state index contributed by atoms with van der Waals surface area (Å²) in [6, 6.07) is 16.4. The highest BCUT2D eigenvalue weighted by Gasteiger charge is 2.02. The Morgan fingerprint density at radius 2 is 1.58 bits per heavy atom. The summed E-state index contributed by atoms with van der Waals surface area (Å²) in [4.78, 5) is 14.2. The van der Waals surface area contributed by atoms with Crippen LogP contribution in [0.3, 0.4) is 0 Å². The van der Waals surface area contributed by atoms with Crippen molar-refractivity contribution in [2.45, 2.75) is 36.5 Å². The van der Waals surface area contributed by atoms with E-state index in [4.69, 9.17) is 0 Å². The molecule has 0 unspecified atom stereocenters. The largest absolute Gasteiger partial charge is 0.325 e. The van der Waals surface area contributed by atoms with E-state index in [2.05, 4.69) is 48.7 Å². The minimum absolute atomic E-state index is 0. The number of amides is 1. The zero-order chi connectivity index (χ0) is 16.5. The number of rotatable bonds is 8. The van der Waals surface area contributed by atoms with Crippen molar-refractivity contribution in [3.63, 3.8) is 0 Å². The summed E-state index contributed by atoms with van der Waals surface area (Å²) < 4.78 is 0. The zero-order valence-corrected chi connectivity index (χ0v) is 15.8. The lowest BCUT2D eigenvalue weighted by atomic mass is 10.2. The van der Waals surface area contributed by atoms with Crippen LogP contribution < -0.4 is 10.6 Å². The number of hydrogen-bond donors (Lipinski definition) is 2. The third-order valence-electron chi connectivity index (χ3n) is 3.39. The maximum Gasteiger partial charge on any atom is 0.238 e. The third kappa shape index (κ3) is 7.39. The first-order chi connectivity index (χ1) is 11.2. The molecule has 0 fully saturated rings. The highest BCUT2D eigenvalue weighted by molar-refractivity contribution is 7.99. The molecule has 3 nitrogen and oxygen atoms in total. The second-order valence-corrected chi connectivity index (χ2v) is 6.66. The van der Waals surface area contributed by atoms with Gasteiger partial charge in [0, 0.05) is 15.5 Å². The molecule has 0 spiro atoms. The van der Waals surface area contributed by atoms with Gasteiger partial charge < -0.3 is 10.6 Å². The van der Waals surface area contributed by atoms with E-state index < -0.39 is 0 Å². The molecule has 0 aliphatic heterocycles. The van der Waals surface area contributed by atoms with E-state index in [0.717, 1.165) is 30.0 Å². The topological polar surface area (TPSA) is 41.1 Å². The van der Waals surface area contributed by atoms with Gasteiger partial charge >= 0.3 is 0 Å². The first-order valence-electron chi connectivity index (χ1n) is 8.02. The molecule has 5 heteroatoms. The van der Waals surface area contributed by atoms with E-state index in [1.807, 2.05) is 24.3 Å². The Morgan fingerprint density at radius 3 is 2.17 bits per heavy atom. The van der Waals surface area contributed by atoms with Crippen molar-refractivity contribution in [2.75, 3.05) is 18.4 Å². The molecule has 0 aliphatic rings. The number of unbranched alkanes of at least 4 members (excludes halogenated alkanes) is 1. The summed E-state index contributed by atoms with van der Waals surface area (Å²) in [5, 5.41) is 6.05. The van der Waals surface area contributed by atoms with Crippen LogP contribution in [0, 0.1) is 6.92 Å². The molecule has 0 radical (unpaired) electrons. The molecule has 24 heavy (non-hydrogen) atoms. The van der Waals surface area contributed by atoms with Gasteiger partial charge in [-0.2, -0.15) is 0 Å². The molecule has 0 saturated carbocycles. The van der Waals surface area contributed by atoms with Crippen LogP contribution in [0.15, 0.2) is 58.3 Å². The second-order valence-electron chi connectivity index (χ2n) is 5.52. The highest BCUT2D eigenvalue weighted by atomic mass is 35.5. The standard InChI is InChI=1S/C19H24N2OS.ClH/c1-3-4-13-20-14-19(22)21-16-7-11-18(12-8-16)23-17-9-5-15(2)6-10-17;/h5-12,20H,3-4,13-14H2,1-2H3,(H,21,22);1H. The van der Waals surface area contributed by atoms with Crippen LogP contribution >= 0.6 is 24.2 Å². The zero-order valence-electron chi connectivity index (χ0n) is 14.2. The Kier molecular flexibility index (Phi) is 9.53. The maximum atomic E-state index is 11.8. The normalized spacial score (nSPS) is 10.1. The molecule has 1 amide bonds. The number of aryl methyl sites for hydroxylation is 1. The Labute approximate surface area is 155 Å². The van der Waals surface area contributed by atoms with Crippen molar-refractivity contribution in [1.82, 2.24) is 5.32 Å². The predicted molar refractivity (Wildman–Crippen MR) is 105 cm³/mol. The van der Waals surface area contributed by atoms with Crippen molar-refractivity contribution in [3.8, 4) is 0 Å². The Morgan fingerprint density at radius 1 is 1.00 bits per heavy atom. The highest BCUT2D eigenvalue weighted by Crippen LogP contribution is 2.28. The molecule has 0 saturated heterocycles. The van der Waals surface area contributed by atoms with E-state index in [9.17, 15) is 4.79 Å². The van der Waals surface area contributed by atoms with Crippen LogP contribution in [-0.2, 0) is 4.79 Å². The molecule has 130 valence electrons. The van der Waals surface area contributed by atoms with Crippen molar-refractivity contribution < 1.29 is 4.79 Å². The minimum atomic E-state index is 0. The molecule has 2 aromatic carbocycles. The number of carbonyl (C=O) groups excluding carboxylic acids is 1. The number of carbonyl (C=O) groups is 1. The summed E-state index contributed by atoms with van der Waals surface area (Å²) in [7, 11) is 0. The molecular formula is C19H25ClN2OS. The van der Waals surface area contributed by atoms with E-state index in [0.29, 0.717) is 6.54 Å². The average Bonchev–Trinajstić information content (AvgIpc) is 2.56. The van der Waals surface area contributed by atoms with Gasteiger partial charge in [-0.25, -0.2) is 0 Å². The number of hydrogen-bond acceptors (Lipinski definition) is 3. The Bertz CT molecular complexity index is 614. The van der Waals surface area contributed by atoms with Crippen LogP contribution in [0.4, 0.5) is 5.69 Å². The molecule has 2 aromatic rings. The molecule has 0 heterocycles. The van der Waals surface area contributed by atoms with Gasteiger partial charge in [0.25, 0.3) is 0 Å². The summed E-state index contributed by atoms with van der Waals surface area (Å²) in [5.74, 6) is 0.0000377. The van der Waals surface area contributed by atoms with Gasteiger partial charge in [0.05, 0.1) is 6.54 Å². The summed E-state index contributed by atoms with van der Waals surface area (Å²) in [6.07, 6.45) is 2.23. The second kappa shape index (κ2) is 11.1. The summed E-state index contributed by atoms with van der Waals surface area (Å²) >= 11 is 1.72. The lowest BCUT2D eigenvalue weighted by Crippen LogP contribution is -2.28. The van der Waals surface area contributed by atoms with Gasteiger partial charge in [-0.3, -0.25) is 4.79 Å². The van der Waals surface area contributed by atoms with Crippen molar-refractivity contribution in [1.29, 1.82) is 0 Å². The summed E-state index contributed by atoms with van der Waals surface area (Å²) in [5.41, 5.74) is 2.10. The number of halogens is 1. The lowest BCUT2D eigenvalue weighted by molar-refractivity contribution is -0.115. The molecule has 0 aliphatic carbocycles. The number of anilines is 1. The lowest BCUT2D eigenvalue weighted by Gasteiger charge is -2.07. The van der Waals surface area contributed by atoms with Gasteiger partial charge in [-0.05, 0) is 56.3 Å². The van der Waals surface area contributed by atoms with Crippen LogP contribution in [0.1, 0.15) is 25.3 Å². The van der Waals surface area contributed by atoms with Gasteiger partial charge in [0.1, 0.15) is 0 Å². The average molecular weight is 365 g/mol. The predicted octanol–water partition coefficient (Wildman–Crippen LogP) is 4.90. The fourth-order valence-corrected chi connectivity index (χ4v) is 2.87. The van der Waals surface area contributed by atoms with Gasteiger partial charge in [-0.15, -0.1) is 12.4 Å². The maximum absolute atomic E-state index is 11.8. The molecule has 2 N–H and O–H groups in total. The van der Waals surface area contributed by atoms with E-state index in [-0.39, 0.29) is 18.3 Å². The van der Waals surface area contributed by atoms with Crippen LogP contribution in [-0.4, -0.2) is 19.0 Å². The van der Waals surface area contributed by atoms with Crippen LogP contribution in [0.25, 0.3) is 0 Å². The van der Waals surface area contributed by atoms with Crippen LogP contribution in [0.2, 0.25) is 0 Å². The van der Waals surface area contributed by atoms with Crippen molar-refractivity contribution in [3.05, 3.63) is 54.1 Å². The number of nitrogens with one attached hydrogen (secondary N) is 2. The van der Waals surface area contributed by atoms with Crippen molar-refractivity contribution >= 4 is 35.8 Å². The molecule has 0 atom stereocenters. The SMILES string of the molecule is CCCCNCC(=O)Nc1ccc(Sc2ccc(C)cc2)cc1.Cl. The molecule has 2 rings (SSSR count). The minimum Gasteiger partial charge on any atom is -0.325 e. The molecular weight excluding hydrogens is 340 g/mol. The molecule has 0 aromatic heterocycles.